The normalized spacial score (nSPS) is 22.1. The highest BCUT2D eigenvalue weighted by molar-refractivity contribution is 6.30. The maximum Gasteiger partial charge on any atom is 0.134 e. The van der Waals surface area contributed by atoms with Crippen molar-refractivity contribution >= 4 is 29.0 Å². The topological polar surface area (TPSA) is 42.8 Å². The molecular weight excluding hydrogens is 455 g/mol. The number of hydrogen-bond donors (Lipinski definition) is 1. The minimum absolute atomic E-state index is 0.00292. The molecule has 1 aliphatic heterocycles. The van der Waals surface area contributed by atoms with Gasteiger partial charge in [-0.2, -0.15) is 0 Å². The summed E-state index contributed by atoms with van der Waals surface area (Å²) in [6.07, 6.45) is 0.00292. The van der Waals surface area contributed by atoms with Gasteiger partial charge in [0.1, 0.15) is 22.9 Å². The molecule has 3 aromatic carbocycles. The molecule has 1 N–H and O–H groups in total. The van der Waals surface area contributed by atoms with Gasteiger partial charge in [-0.25, -0.2) is 0 Å². The molecule has 172 valence electrons. The number of nitrogens with zero attached hydrogens (tertiary/aromatic N) is 1. The molecular formula is C27H28Cl2N2O2. The number of benzene rings is 3. The molecule has 0 aromatic heterocycles. The summed E-state index contributed by atoms with van der Waals surface area (Å²) in [7, 11) is 1.65. The second kappa shape index (κ2) is 8.92. The lowest BCUT2D eigenvalue weighted by atomic mass is 9.72. The summed E-state index contributed by atoms with van der Waals surface area (Å²) in [6.45, 7) is 8.30. The average molecular weight is 483 g/mol. The van der Waals surface area contributed by atoms with Crippen molar-refractivity contribution in [2.45, 2.75) is 44.9 Å². The molecule has 0 saturated heterocycles. The Morgan fingerprint density at radius 1 is 0.848 bits per heavy atom. The summed E-state index contributed by atoms with van der Waals surface area (Å²) in [6, 6.07) is 21.6. The van der Waals surface area contributed by atoms with Crippen LogP contribution in [0.4, 0.5) is 0 Å². The van der Waals surface area contributed by atoms with E-state index in [1.165, 1.54) is 0 Å². The number of amidine groups is 1. The minimum atomic E-state index is -0.629. The Kier molecular flexibility index (Phi) is 6.35. The van der Waals surface area contributed by atoms with Crippen molar-refractivity contribution in [1.29, 1.82) is 0 Å². The molecule has 0 aliphatic carbocycles. The number of rotatable bonds is 6. The van der Waals surface area contributed by atoms with Crippen molar-refractivity contribution in [3.05, 3.63) is 93.5 Å². The molecule has 0 bridgehead atoms. The predicted octanol–water partition coefficient (Wildman–Crippen LogP) is 6.97. The van der Waals surface area contributed by atoms with Crippen LogP contribution in [0.25, 0.3) is 0 Å². The molecule has 0 fully saturated rings. The molecule has 3 aromatic rings. The largest absolute Gasteiger partial charge is 0.497 e. The van der Waals surface area contributed by atoms with E-state index in [-0.39, 0.29) is 6.10 Å². The maximum atomic E-state index is 6.20. The third-order valence-corrected chi connectivity index (χ3v) is 6.82. The summed E-state index contributed by atoms with van der Waals surface area (Å²) >= 11 is 12.4. The number of halogens is 2. The van der Waals surface area contributed by atoms with Gasteiger partial charge in [0.2, 0.25) is 0 Å². The van der Waals surface area contributed by atoms with E-state index >= 15 is 0 Å². The smallest absolute Gasteiger partial charge is 0.134 e. The van der Waals surface area contributed by atoms with Crippen molar-refractivity contribution in [3.8, 4) is 11.5 Å². The van der Waals surface area contributed by atoms with Gasteiger partial charge < -0.3 is 14.8 Å². The first-order chi connectivity index (χ1) is 15.7. The molecule has 1 aliphatic rings. The van der Waals surface area contributed by atoms with E-state index in [4.69, 9.17) is 37.7 Å². The summed E-state index contributed by atoms with van der Waals surface area (Å²) in [5.41, 5.74) is 1.81. The number of methoxy groups -OCH3 is 1. The van der Waals surface area contributed by atoms with Crippen LogP contribution in [0.2, 0.25) is 10.0 Å². The monoisotopic (exact) mass is 482 g/mol. The fourth-order valence-electron chi connectivity index (χ4n) is 4.29. The van der Waals surface area contributed by atoms with Crippen LogP contribution in [-0.4, -0.2) is 19.0 Å². The third-order valence-electron chi connectivity index (χ3n) is 6.31. The molecule has 33 heavy (non-hydrogen) atoms. The van der Waals surface area contributed by atoms with Crippen LogP contribution in [0.15, 0.2) is 71.7 Å². The fourth-order valence-corrected chi connectivity index (χ4v) is 4.54. The Hall–Kier alpha value is -2.69. The Balaban J connectivity index is 1.89. The van der Waals surface area contributed by atoms with Gasteiger partial charge >= 0.3 is 0 Å². The summed E-state index contributed by atoms with van der Waals surface area (Å²) in [5, 5.41) is 5.11. The molecule has 1 heterocycles. The molecule has 2 atom stereocenters. The van der Waals surface area contributed by atoms with E-state index in [1.54, 1.807) is 7.11 Å². The summed E-state index contributed by atoms with van der Waals surface area (Å²) < 4.78 is 11.6. The van der Waals surface area contributed by atoms with Gasteiger partial charge in [-0.3, -0.25) is 4.99 Å². The van der Waals surface area contributed by atoms with E-state index in [0.717, 1.165) is 34.0 Å². The van der Waals surface area contributed by atoms with Crippen molar-refractivity contribution < 1.29 is 9.47 Å². The second-order valence-corrected chi connectivity index (χ2v) is 9.70. The lowest BCUT2D eigenvalue weighted by Gasteiger charge is -2.40. The van der Waals surface area contributed by atoms with E-state index in [9.17, 15) is 0 Å². The molecule has 4 rings (SSSR count). The van der Waals surface area contributed by atoms with Crippen LogP contribution in [0.3, 0.4) is 0 Å². The molecule has 0 amide bonds. The first kappa shape index (κ1) is 23.5. The zero-order valence-electron chi connectivity index (χ0n) is 19.4. The summed E-state index contributed by atoms with van der Waals surface area (Å²) in [4.78, 5) is 5.27. The molecule has 0 unspecified atom stereocenters. The first-order valence-corrected chi connectivity index (χ1v) is 11.7. The molecule has 0 radical (unpaired) electrons. The fraction of sp³-hybridized carbons (Fsp3) is 0.296. The van der Waals surface area contributed by atoms with Gasteiger partial charge in [-0.15, -0.1) is 0 Å². The average Bonchev–Trinajstić information content (AvgIpc) is 3.06. The number of nitrogens with one attached hydrogen (secondary N) is 1. The Bertz CT molecular complexity index is 1180. The standard InChI is InChI=1S/C27H28Cl2N2O2/c1-17(2)33-24-16-22(32-5)14-15-23(24)25-30-26(3,18-6-10-20(28)11-7-18)27(4,31-25)19-8-12-21(29)13-9-19/h6-17H,1-5H3,(H,30,31)/t26-,27-/m0/s1. The van der Waals surface area contributed by atoms with Crippen molar-refractivity contribution in [2.24, 2.45) is 4.99 Å². The van der Waals surface area contributed by atoms with Crippen molar-refractivity contribution in [3.63, 3.8) is 0 Å². The van der Waals surface area contributed by atoms with Crippen molar-refractivity contribution in [1.82, 2.24) is 5.32 Å². The third kappa shape index (κ3) is 4.30. The van der Waals surface area contributed by atoms with Crippen LogP contribution in [0.5, 0.6) is 11.5 Å². The Labute approximate surface area is 205 Å². The van der Waals surface area contributed by atoms with E-state index in [2.05, 4.69) is 19.2 Å². The van der Waals surface area contributed by atoms with E-state index in [0.29, 0.717) is 10.0 Å². The number of aliphatic imine (C=N–C) groups is 1. The predicted molar refractivity (Wildman–Crippen MR) is 136 cm³/mol. The van der Waals surface area contributed by atoms with Crippen molar-refractivity contribution in [2.75, 3.05) is 7.11 Å². The van der Waals surface area contributed by atoms with E-state index in [1.807, 2.05) is 80.6 Å². The van der Waals surface area contributed by atoms with E-state index < -0.39 is 11.1 Å². The highest BCUT2D eigenvalue weighted by atomic mass is 35.5. The number of ether oxygens (including phenoxy) is 2. The Morgan fingerprint density at radius 2 is 1.42 bits per heavy atom. The van der Waals surface area contributed by atoms with Gasteiger partial charge in [0, 0.05) is 16.1 Å². The first-order valence-electron chi connectivity index (χ1n) is 10.9. The van der Waals surface area contributed by atoms with Crippen LogP contribution in [0.1, 0.15) is 44.4 Å². The summed E-state index contributed by atoms with van der Waals surface area (Å²) in [5.74, 6) is 2.20. The minimum Gasteiger partial charge on any atom is -0.497 e. The van der Waals surface area contributed by atoms with Gasteiger partial charge in [0.25, 0.3) is 0 Å². The van der Waals surface area contributed by atoms with Crippen LogP contribution in [-0.2, 0) is 11.1 Å². The van der Waals surface area contributed by atoms with Gasteiger partial charge in [0.15, 0.2) is 0 Å². The van der Waals surface area contributed by atoms with Gasteiger partial charge in [-0.1, -0.05) is 47.5 Å². The lowest BCUT2D eigenvalue weighted by molar-refractivity contribution is 0.240. The van der Waals surface area contributed by atoms with Gasteiger partial charge in [0.05, 0.1) is 24.3 Å². The molecule has 0 spiro atoms. The molecule has 6 heteroatoms. The lowest BCUT2D eigenvalue weighted by Crippen LogP contribution is -2.50. The second-order valence-electron chi connectivity index (χ2n) is 8.83. The van der Waals surface area contributed by atoms with Crippen LogP contribution >= 0.6 is 23.2 Å². The van der Waals surface area contributed by atoms with Crippen LogP contribution < -0.4 is 14.8 Å². The van der Waals surface area contributed by atoms with Gasteiger partial charge in [-0.05, 0) is 75.2 Å². The Morgan fingerprint density at radius 3 is 1.97 bits per heavy atom. The quantitative estimate of drug-likeness (QED) is 0.412. The zero-order valence-corrected chi connectivity index (χ0v) is 21.0. The highest BCUT2D eigenvalue weighted by Crippen LogP contribution is 2.48. The molecule has 0 saturated carbocycles. The highest BCUT2D eigenvalue weighted by Gasteiger charge is 2.52. The SMILES string of the molecule is COc1ccc(C2=N[C@@](C)(c3ccc(Cl)cc3)[C@](C)(c3ccc(Cl)cc3)N2)c(OC(C)C)c1. The number of hydrogen-bond acceptors (Lipinski definition) is 4. The molecule has 4 nitrogen and oxygen atoms in total. The van der Waals surface area contributed by atoms with Crippen LogP contribution in [0, 0.1) is 0 Å². The maximum absolute atomic E-state index is 6.20. The zero-order chi connectivity index (χ0) is 23.8.